The third-order valence-corrected chi connectivity index (χ3v) is 5.73. The number of phenolic OH excluding ortho intramolecular Hbond substituents is 1. The van der Waals surface area contributed by atoms with Crippen LogP contribution in [0.3, 0.4) is 0 Å². The first-order chi connectivity index (χ1) is 15.0. The summed E-state index contributed by atoms with van der Waals surface area (Å²) in [5.41, 5.74) is 2.14. The largest absolute Gasteiger partial charge is 0.500 e. The van der Waals surface area contributed by atoms with Crippen molar-refractivity contribution in [3.8, 4) is 11.5 Å². The van der Waals surface area contributed by atoms with Crippen LogP contribution in [0.15, 0.2) is 60.0 Å². The second-order valence-electron chi connectivity index (χ2n) is 6.74. The highest BCUT2D eigenvalue weighted by Gasteiger charge is 2.33. The number of amides is 2. The van der Waals surface area contributed by atoms with Crippen molar-refractivity contribution in [3.63, 3.8) is 0 Å². The molecule has 9 heteroatoms. The van der Waals surface area contributed by atoms with Gasteiger partial charge in [-0.15, -0.1) is 11.3 Å². The molecule has 3 N–H and O–H groups in total. The molecule has 4 rings (SSSR count). The van der Waals surface area contributed by atoms with E-state index in [4.69, 9.17) is 4.74 Å². The molecule has 8 nitrogen and oxygen atoms in total. The monoisotopic (exact) mass is 437 g/mol. The maximum atomic E-state index is 12.6. The number of nitrogens with one attached hydrogen (secondary N) is 2. The SMILES string of the molecule is CCOc1cc(C2NC(=O)NC(c3ccccc3)=C2c2cccs2)cc([N+](=O)[O-])c1O. The highest BCUT2D eigenvalue weighted by molar-refractivity contribution is 7.11. The predicted octanol–water partition coefficient (Wildman–Crippen LogP) is 4.68. The lowest BCUT2D eigenvalue weighted by Gasteiger charge is -2.30. The number of carbonyl (C=O) groups is 1. The number of nitro groups is 1. The third-order valence-electron chi connectivity index (χ3n) is 4.83. The number of hydrogen-bond acceptors (Lipinski definition) is 6. The molecule has 0 saturated carbocycles. The van der Waals surface area contributed by atoms with Crippen molar-refractivity contribution in [3.05, 3.63) is 86.1 Å². The average molecular weight is 437 g/mol. The fourth-order valence-corrected chi connectivity index (χ4v) is 4.34. The highest BCUT2D eigenvalue weighted by Crippen LogP contribution is 2.44. The van der Waals surface area contributed by atoms with Gasteiger partial charge in [-0.2, -0.15) is 0 Å². The molecule has 2 aromatic carbocycles. The third kappa shape index (κ3) is 3.95. The summed E-state index contributed by atoms with van der Waals surface area (Å²) < 4.78 is 5.43. The van der Waals surface area contributed by atoms with E-state index in [-0.39, 0.29) is 12.4 Å². The number of urea groups is 1. The summed E-state index contributed by atoms with van der Waals surface area (Å²) in [6.45, 7) is 1.93. The number of aromatic hydroxyl groups is 1. The second-order valence-corrected chi connectivity index (χ2v) is 7.69. The fraction of sp³-hybridized carbons (Fsp3) is 0.136. The number of hydrogen-bond donors (Lipinski definition) is 3. The number of phenols is 1. The summed E-state index contributed by atoms with van der Waals surface area (Å²) >= 11 is 1.49. The number of rotatable bonds is 6. The quantitative estimate of drug-likeness (QED) is 0.383. The Balaban J connectivity index is 1.96. The first-order valence-electron chi connectivity index (χ1n) is 9.54. The molecule has 0 radical (unpaired) electrons. The number of benzene rings is 2. The Morgan fingerprint density at radius 2 is 1.97 bits per heavy atom. The van der Waals surface area contributed by atoms with Crippen LogP contribution in [0.1, 0.15) is 29.0 Å². The second kappa shape index (κ2) is 8.49. The van der Waals surface area contributed by atoms with Crippen molar-refractivity contribution < 1.29 is 19.6 Å². The maximum absolute atomic E-state index is 12.6. The van der Waals surface area contributed by atoms with Crippen molar-refractivity contribution in [2.75, 3.05) is 6.61 Å². The minimum atomic E-state index is -0.693. The van der Waals surface area contributed by atoms with Gasteiger partial charge in [0.05, 0.1) is 23.3 Å². The molecule has 2 amide bonds. The van der Waals surface area contributed by atoms with Crippen LogP contribution in [-0.4, -0.2) is 22.7 Å². The fourth-order valence-electron chi connectivity index (χ4n) is 3.53. The molecule has 1 unspecified atom stereocenters. The van der Waals surface area contributed by atoms with E-state index in [1.807, 2.05) is 47.8 Å². The van der Waals surface area contributed by atoms with Crippen LogP contribution in [0, 0.1) is 10.1 Å². The summed E-state index contributed by atoms with van der Waals surface area (Å²) in [6, 6.07) is 14.9. The van der Waals surface area contributed by atoms with E-state index in [0.29, 0.717) is 11.3 Å². The van der Waals surface area contributed by atoms with Crippen LogP contribution in [-0.2, 0) is 0 Å². The van der Waals surface area contributed by atoms with Gasteiger partial charge in [-0.3, -0.25) is 10.1 Å². The standard InChI is InChI=1S/C22H19N3O5S/c1-2-30-16-12-14(11-15(21(16)26)25(28)29)20-18(17-9-6-10-31-17)19(23-22(27)24-20)13-7-4-3-5-8-13/h3-12,20,26H,2H2,1H3,(H2,23,24,27). The van der Waals surface area contributed by atoms with Gasteiger partial charge in [0.1, 0.15) is 0 Å². The summed E-state index contributed by atoms with van der Waals surface area (Å²) in [6.07, 6.45) is 0. The van der Waals surface area contributed by atoms with E-state index in [1.54, 1.807) is 6.92 Å². The Kier molecular flexibility index (Phi) is 5.59. The molecule has 1 atom stereocenters. The van der Waals surface area contributed by atoms with Gasteiger partial charge in [-0.05, 0) is 35.6 Å². The van der Waals surface area contributed by atoms with Crippen molar-refractivity contribution in [2.24, 2.45) is 0 Å². The maximum Gasteiger partial charge on any atom is 0.320 e. The molecule has 0 bridgehead atoms. The molecule has 1 aliphatic heterocycles. The van der Waals surface area contributed by atoms with Crippen LogP contribution in [0.5, 0.6) is 11.5 Å². The van der Waals surface area contributed by atoms with Crippen LogP contribution >= 0.6 is 11.3 Å². The lowest BCUT2D eigenvalue weighted by atomic mass is 9.91. The minimum Gasteiger partial charge on any atom is -0.500 e. The molecule has 1 aliphatic rings. The first-order valence-corrected chi connectivity index (χ1v) is 10.4. The van der Waals surface area contributed by atoms with E-state index in [2.05, 4.69) is 10.6 Å². The van der Waals surface area contributed by atoms with Crippen molar-refractivity contribution in [2.45, 2.75) is 13.0 Å². The van der Waals surface area contributed by atoms with E-state index >= 15 is 0 Å². The Labute approximate surface area is 182 Å². The lowest BCUT2D eigenvalue weighted by Crippen LogP contribution is -2.42. The molecule has 0 fully saturated rings. The molecule has 0 saturated heterocycles. The van der Waals surface area contributed by atoms with Gasteiger partial charge in [0, 0.05) is 16.5 Å². The Hall–Kier alpha value is -3.85. The highest BCUT2D eigenvalue weighted by atomic mass is 32.1. The van der Waals surface area contributed by atoms with Gasteiger partial charge in [0.15, 0.2) is 5.75 Å². The zero-order valence-corrected chi connectivity index (χ0v) is 17.3. The minimum absolute atomic E-state index is 0.00808. The van der Waals surface area contributed by atoms with Gasteiger partial charge in [-0.1, -0.05) is 36.4 Å². The topological polar surface area (TPSA) is 114 Å². The zero-order valence-electron chi connectivity index (χ0n) is 16.5. The molecule has 1 aromatic heterocycles. The van der Waals surface area contributed by atoms with Crippen LogP contribution < -0.4 is 15.4 Å². The Morgan fingerprint density at radius 1 is 1.19 bits per heavy atom. The van der Waals surface area contributed by atoms with E-state index in [9.17, 15) is 20.0 Å². The molecule has 3 aromatic rings. The Morgan fingerprint density at radius 3 is 2.61 bits per heavy atom. The average Bonchev–Trinajstić information content (AvgIpc) is 3.29. The molecule has 0 aliphatic carbocycles. The molecule has 0 spiro atoms. The molecular weight excluding hydrogens is 418 g/mol. The molecular formula is C22H19N3O5S. The van der Waals surface area contributed by atoms with Crippen molar-refractivity contribution in [1.29, 1.82) is 0 Å². The number of nitrogens with zero attached hydrogens (tertiary/aromatic N) is 1. The number of nitro benzene ring substituents is 1. The van der Waals surface area contributed by atoms with Crippen molar-refractivity contribution >= 4 is 34.3 Å². The smallest absolute Gasteiger partial charge is 0.320 e. The van der Waals surface area contributed by atoms with Gasteiger partial charge >= 0.3 is 11.7 Å². The van der Waals surface area contributed by atoms with Gasteiger partial charge in [0.2, 0.25) is 5.75 Å². The zero-order chi connectivity index (χ0) is 22.0. The van der Waals surface area contributed by atoms with Gasteiger partial charge in [0.25, 0.3) is 0 Å². The van der Waals surface area contributed by atoms with Crippen molar-refractivity contribution in [1.82, 2.24) is 10.6 Å². The summed E-state index contributed by atoms with van der Waals surface area (Å²) in [4.78, 5) is 24.4. The normalized spacial score (nSPS) is 15.9. The van der Waals surface area contributed by atoms with Gasteiger partial charge < -0.3 is 20.5 Å². The molecule has 31 heavy (non-hydrogen) atoms. The number of ether oxygens (including phenoxy) is 1. The lowest BCUT2D eigenvalue weighted by molar-refractivity contribution is -0.386. The summed E-state index contributed by atoms with van der Waals surface area (Å²) in [5.74, 6) is -0.549. The predicted molar refractivity (Wildman–Crippen MR) is 118 cm³/mol. The van der Waals surface area contributed by atoms with Crippen LogP contribution in [0.2, 0.25) is 0 Å². The summed E-state index contributed by atoms with van der Waals surface area (Å²) in [5, 5.41) is 29.5. The first kappa shape index (κ1) is 20.4. The van der Waals surface area contributed by atoms with E-state index < -0.39 is 28.4 Å². The molecule has 2 heterocycles. The number of carbonyl (C=O) groups excluding carboxylic acids is 1. The van der Waals surface area contributed by atoms with Gasteiger partial charge in [-0.25, -0.2) is 4.79 Å². The van der Waals surface area contributed by atoms with Crippen LogP contribution in [0.25, 0.3) is 11.3 Å². The van der Waals surface area contributed by atoms with E-state index in [1.165, 1.54) is 23.5 Å². The van der Waals surface area contributed by atoms with E-state index in [0.717, 1.165) is 16.0 Å². The van der Waals surface area contributed by atoms with Crippen LogP contribution in [0.4, 0.5) is 10.5 Å². The molecule has 158 valence electrons. The Bertz CT molecular complexity index is 1160. The summed E-state index contributed by atoms with van der Waals surface area (Å²) in [7, 11) is 0. The number of thiophene rings is 1.